The first-order valence-corrected chi connectivity index (χ1v) is 9.37. The Morgan fingerprint density at radius 3 is 2.67 bits per heavy atom. The van der Waals surface area contributed by atoms with Gasteiger partial charge in [0.25, 0.3) is 5.91 Å². The van der Waals surface area contributed by atoms with Crippen LogP contribution in [0.2, 0.25) is 0 Å². The molecule has 0 aliphatic carbocycles. The number of carbonyl (C=O) groups is 1. The third-order valence-electron chi connectivity index (χ3n) is 4.32. The van der Waals surface area contributed by atoms with E-state index in [1.54, 1.807) is 30.5 Å². The number of hydrogen-bond acceptors (Lipinski definition) is 5. The fourth-order valence-corrected chi connectivity index (χ4v) is 3.91. The molecular weight excluding hydrogens is 358 g/mol. The van der Waals surface area contributed by atoms with Crippen molar-refractivity contribution in [3.63, 3.8) is 0 Å². The molecule has 0 bridgehead atoms. The monoisotopic (exact) mass is 377 g/mol. The molecule has 0 spiro atoms. The molecule has 2 N–H and O–H groups in total. The van der Waals surface area contributed by atoms with Gasteiger partial charge in [-0.15, -0.1) is 0 Å². The standard InChI is InChI=1S/C20H19N5OS/c1-12-8-9-25-17(10-12)23-13(2)18(25)16-11-22-20(27-16)24-15-6-4-14(5-7-15)19(26)21-3/h4-11H,1-3H3,(H,21,26)(H,22,24). The van der Waals surface area contributed by atoms with Gasteiger partial charge in [0.2, 0.25) is 0 Å². The summed E-state index contributed by atoms with van der Waals surface area (Å²) in [5, 5.41) is 6.70. The highest BCUT2D eigenvalue weighted by Crippen LogP contribution is 2.33. The van der Waals surface area contributed by atoms with Crippen LogP contribution in [0.5, 0.6) is 0 Å². The number of aromatic nitrogens is 3. The van der Waals surface area contributed by atoms with Gasteiger partial charge in [-0.1, -0.05) is 11.3 Å². The Morgan fingerprint density at radius 2 is 1.93 bits per heavy atom. The number of pyridine rings is 1. The number of carbonyl (C=O) groups excluding carboxylic acids is 1. The van der Waals surface area contributed by atoms with E-state index in [0.29, 0.717) is 5.56 Å². The summed E-state index contributed by atoms with van der Waals surface area (Å²) in [6.07, 6.45) is 3.91. The topological polar surface area (TPSA) is 71.3 Å². The first-order valence-electron chi connectivity index (χ1n) is 8.56. The van der Waals surface area contributed by atoms with Crippen LogP contribution in [0.1, 0.15) is 21.6 Å². The molecule has 0 atom stereocenters. The molecule has 4 aromatic rings. The third-order valence-corrected chi connectivity index (χ3v) is 5.24. The van der Waals surface area contributed by atoms with Gasteiger partial charge < -0.3 is 10.6 Å². The zero-order valence-corrected chi connectivity index (χ0v) is 16.1. The predicted octanol–water partition coefficient (Wildman–Crippen LogP) is 4.18. The Kier molecular flexibility index (Phi) is 4.37. The number of nitrogens with zero attached hydrogens (tertiary/aromatic N) is 3. The quantitative estimate of drug-likeness (QED) is 0.560. The van der Waals surface area contributed by atoms with E-state index in [4.69, 9.17) is 0 Å². The molecule has 0 saturated heterocycles. The SMILES string of the molecule is CNC(=O)c1ccc(Nc2ncc(-c3c(C)nc4cc(C)ccn34)s2)cc1. The Balaban J connectivity index is 1.61. The summed E-state index contributed by atoms with van der Waals surface area (Å²) in [6, 6.07) is 11.5. The van der Waals surface area contributed by atoms with Crippen LogP contribution in [0.3, 0.4) is 0 Å². The first kappa shape index (κ1) is 17.2. The number of imidazole rings is 1. The number of nitrogens with one attached hydrogen (secondary N) is 2. The van der Waals surface area contributed by atoms with Gasteiger partial charge >= 0.3 is 0 Å². The molecule has 0 aliphatic heterocycles. The van der Waals surface area contributed by atoms with Crippen molar-refractivity contribution in [3.05, 3.63) is 65.6 Å². The van der Waals surface area contributed by atoms with E-state index >= 15 is 0 Å². The molecule has 0 unspecified atom stereocenters. The van der Waals surface area contributed by atoms with Crippen LogP contribution in [-0.2, 0) is 0 Å². The summed E-state index contributed by atoms with van der Waals surface area (Å²) >= 11 is 1.57. The fourth-order valence-electron chi connectivity index (χ4n) is 2.98. The van der Waals surface area contributed by atoms with E-state index in [1.807, 2.05) is 31.5 Å². The van der Waals surface area contributed by atoms with E-state index in [1.165, 1.54) is 5.56 Å². The van der Waals surface area contributed by atoms with Crippen molar-refractivity contribution in [2.24, 2.45) is 0 Å². The summed E-state index contributed by atoms with van der Waals surface area (Å²) in [5.41, 5.74) is 5.67. The van der Waals surface area contributed by atoms with Crippen molar-refractivity contribution >= 4 is 33.7 Å². The average Bonchev–Trinajstić information content (AvgIpc) is 3.24. The van der Waals surface area contributed by atoms with E-state index in [9.17, 15) is 4.79 Å². The lowest BCUT2D eigenvalue weighted by atomic mass is 10.2. The Morgan fingerprint density at radius 1 is 1.15 bits per heavy atom. The van der Waals surface area contributed by atoms with E-state index in [-0.39, 0.29) is 5.91 Å². The van der Waals surface area contributed by atoms with Gasteiger partial charge in [0.15, 0.2) is 5.13 Å². The van der Waals surface area contributed by atoms with E-state index in [2.05, 4.69) is 44.1 Å². The molecule has 1 aromatic carbocycles. The maximum absolute atomic E-state index is 11.6. The number of fused-ring (bicyclic) bond motifs is 1. The van der Waals surface area contributed by atoms with Gasteiger partial charge in [0, 0.05) is 30.7 Å². The second-order valence-corrected chi connectivity index (χ2v) is 7.32. The third kappa shape index (κ3) is 3.29. The second kappa shape index (κ2) is 6.85. The van der Waals surface area contributed by atoms with Crippen LogP contribution >= 0.6 is 11.3 Å². The smallest absolute Gasteiger partial charge is 0.251 e. The number of anilines is 2. The van der Waals surface area contributed by atoms with Crippen molar-refractivity contribution < 1.29 is 4.79 Å². The first-order chi connectivity index (χ1) is 13.0. The maximum Gasteiger partial charge on any atom is 0.251 e. The maximum atomic E-state index is 11.6. The number of hydrogen-bond donors (Lipinski definition) is 2. The van der Waals surface area contributed by atoms with Crippen molar-refractivity contribution in [1.82, 2.24) is 19.7 Å². The number of rotatable bonds is 4. The summed E-state index contributed by atoms with van der Waals surface area (Å²) in [5.74, 6) is -0.101. The lowest BCUT2D eigenvalue weighted by molar-refractivity contribution is 0.0963. The number of amides is 1. The molecule has 0 saturated carbocycles. The van der Waals surface area contributed by atoms with Crippen LogP contribution < -0.4 is 10.6 Å². The van der Waals surface area contributed by atoms with E-state index < -0.39 is 0 Å². The number of benzene rings is 1. The zero-order valence-electron chi connectivity index (χ0n) is 15.3. The molecular formula is C20H19N5OS. The Bertz CT molecular complexity index is 1130. The largest absolute Gasteiger partial charge is 0.355 e. The minimum absolute atomic E-state index is 0.101. The summed E-state index contributed by atoms with van der Waals surface area (Å²) in [6.45, 7) is 4.08. The molecule has 4 rings (SSSR count). The van der Waals surface area contributed by atoms with Gasteiger partial charge in [-0.3, -0.25) is 9.20 Å². The van der Waals surface area contributed by atoms with Crippen molar-refractivity contribution in [1.29, 1.82) is 0 Å². The molecule has 3 aromatic heterocycles. The summed E-state index contributed by atoms with van der Waals surface area (Å²) < 4.78 is 2.10. The van der Waals surface area contributed by atoms with Gasteiger partial charge in [0.05, 0.1) is 16.3 Å². The van der Waals surface area contributed by atoms with Gasteiger partial charge in [-0.2, -0.15) is 0 Å². The Hall–Kier alpha value is -3.19. The van der Waals surface area contributed by atoms with Crippen LogP contribution in [0.4, 0.5) is 10.8 Å². The Labute approximate surface area is 160 Å². The second-order valence-electron chi connectivity index (χ2n) is 6.29. The molecule has 0 aliphatic rings. The molecule has 0 fully saturated rings. The minimum Gasteiger partial charge on any atom is -0.355 e. The number of thiazole rings is 1. The molecule has 7 heteroatoms. The van der Waals surface area contributed by atoms with Crippen molar-refractivity contribution in [2.75, 3.05) is 12.4 Å². The number of aryl methyl sites for hydroxylation is 2. The fraction of sp³-hybridized carbons (Fsp3) is 0.150. The van der Waals surface area contributed by atoms with Crippen molar-refractivity contribution in [3.8, 4) is 10.6 Å². The molecule has 0 radical (unpaired) electrons. The highest BCUT2D eigenvalue weighted by molar-refractivity contribution is 7.18. The highest BCUT2D eigenvalue weighted by atomic mass is 32.1. The van der Waals surface area contributed by atoms with Gasteiger partial charge in [-0.05, 0) is 55.8 Å². The zero-order chi connectivity index (χ0) is 19.0. The lowest BCUT2D eigenvalue weighted by Crippen LogP contribution is -2.17. The van der Waals surface area contributed by atoms with Gasteiger partial charge in [0.1, 0.15) is 5.65 Å². The molecule has 3 heterocycles. The average molecular weight is 377 g/mol. The summed E-state index contributed by atoms with van der Waals surface area (Å²) in [4.78, 5) is 21.8. The van der Waals surface area contributed by atoms with E-state index in [0.717, 1.165) is 32.7 Å². The van der Waals surface area contributed by atoms with Gasteiger partial charge in [-0.25, -0.2) is 9.97 Å². The minimum atomic E-state index is -0.101. The van der Waals surface area contributed by atoms with Crippen LogP contribution in [0.25, 0.3) is 16.2 Å². The van der Waals surface area contributed by atoms with Crippen molar-refractivity contribution in [2.45, 2.75) is 13.8 Å². The van der Waals surface area contributed by atoms with Crippen LogP contribution in [0, 0.1) is 13.8 Å². The molecule has 1 amide bonds. The van der Waals surface area contributed by atoms with Crippen LogP contribution in [-0.4, -0.2) is 27.3 Å². The lowest BCUT2D eigenvalue weighted by Gasteiger charge is -2.04. The molecule has 136 valence electrons. The molecule has 6 nitrogen and oxygen atoms in total. The molecule has 27 heavy (non-hydrogen) atoms. The van der Waals surface area contributed by atoms with Crippen LogP contribution in [0.15, 0.2) is 48.8 Å². The summed E-state index contributed by atoms with van der Waals surface area (Å²) in [7, 11) is 1.62. The highest BCUT2D eigenvalue weighted by Gasteiger charge is 2.14. The predicted molar refractivity (Wildman–Crippen MR) is 109 cm³/mol. The normalized spacial score (nSPS) is 10.9.